The number of likely N-dealkylation sites (tertiary alicyclic amines) is 1. The summed E-state index contributed by atoms with van der Waals surface area (Å²) in [6, 6.07) is 0. The summed E-state index contributed by atoms with van der Waals surface area (Å²) in [5.41, 5.74) is 7.48. The van der Waals surface area contributed by atoms with E-state index in [9.17, 15) is 14.4 Å². The van der Waals surface area contributed by atoms with E-state index in [0.717, 1.165) is 48.4 Å². The van der Waals surface area contributed by atoms with Crippen molar-refractivity contribution in [2.45, 2.75) is 33.2 Å². The zero-order valence-corrected chi connectivity index (χ0v) is 17.3. The van der Waals surface area contributed by atoms with Crippen molar-refractivity contribution in [2.75, 3.05) is 19.6 Å². The number of primary amides is 1. The molecule has 156 valence electrons. The molecular formula is C19H27N7O3. The van der Waals surface area contributed by atoms with Crippen LogP contribution in [0.4, 0.5) is 0 Å². The fourth-order valence-electron chi connectivity index (χ4n) is 4.34. The van der Waals surface area contributed by atoms with Crippen LogP contribution in [0.3, 0.4) is 0 Å². The van der Waals surface area contributed by atoms with E-state index in [2.05, 4.69) is 14.5 Å². The highest BCUT2D eigenvalue weighted by Crippen LogP contribution is 2.21. The molecule has 4 heterocycles. The maximum atomic E-state index is 12.8. The van der Waals surface area contributed by atoms with Crippen molar-refractivity contribution < 1.29 is 4.79 Å². The van der Waals surface area contributed by atoms with Gasteiger partial charge in [0.2, 0.25) is 11.7 Å². The molecule has 29 heavy (non-hydrogen) atoms. The van der Waals surface area contributed by atoms with Crippen molar-refractivity contribution in [3.8, 4) is 0 Å². The molecule has 0 aromatic carbocycles. The van der Waals surface area contributed by atoms with Crippen LogP contribution in [-0.2, 0) is 25.4 Å². The molecular weight excluding hydrogens is 374 g/mol. The fourth-order valence-corrected chi connectivity index (χ4v) is 4.34. The first kappa shape index (κ1) is 19.4. The van der Waals surface area contributed by atoms with E-state index in [4.69, 9.17) is 5.73 Å². The zero-order valence-electron chi connectivity index (χ0n) is 17.3. The number of amides is 1. The van der Waals surface area contributed by atoms with Gasteiger partial charge in [-0.3, -0.25) is 23.1 Å². The van der Waals surface area contributed by atoms with Gasteiger partial charge in [0, 0.05) is 44.5 Å². The lowest BCUT2D eigenvalue weighted by atomic mass is 9.96. The Balaban J connectivity index is 1.71. The molecule has 0 saturated carbocycles. The summed E-state index contributed by atoms with van der Waals surface area (Å²) in [5, 5.41) is 0. The second-order valence-corrected chi connectivity index (χ2v) is 7.97. The van der Waals surface area contributed by atoms with Gasteiger partial charge in [-0.1, -0.05) is 0 Å². The highest BCUT2D eigenvalue weighted by molar-refractivity contribution is 5.77. The third-order valence-corrected chi connectivity index (χ3v) is 6.38. The fraction of sp³-hybridized carbons (Fsp3) is 0.579. The molecule has 2 N–H and O–H groups in total. The van der Waals surface area contributed by atoms with Gasteiger partial charge < -0.3 is 15.2 Å². The van der Waals surface area contributed by atoms with Crippen molar-refractivity contribution in [3.63, 3.8) is 0 Å². The monoisotopic (exact) mass is 401 g/mol. The van der Waals surface area contributed by atoms with Crippen molar-refractivity contribution in [1.82, 2.24) is 28.0 Å². The Hall–Kier alpha value is -2.88. The SMILES string of the molecule is Cc1c(C)n2c3c(=O)n(C)c(=O)n(C)c3nc2n1CCN1CCC(C(N)=O)CC1. The molecule has 1 saturated heterocycles. The Morgan fingerprint density at radius 1 is 1.07 bits per heavy atom. The first-order valence-electron chi connectivity index (χ1n) is 9.88. The van der Waals surface area contributed by atoms with Gasteiger partial charge in [0.25, 0.3) is 5.56 Å². The number of hydrogen-bond donors (Lipinski definition) is 1. The smallest absolute Gasteiger partial charge is 0.332 e. The Morgan fingerprint density at radius 2 is 1.72 bits per heavy atom. The van der Waals surface area contributed by atoms with Crippen LogP contribution in [0, 0.1) is 19.8 Å². The van der Waals surface area contributed by atoms with E-state index in [1.165, 1.54) is 11.6 Å². The third-order valence-electron chi connectivity index (χ3n) is 6.38. The Labute approximate surface area is 167 Å². The summed E-state index contributed by atoms with van der Waals surface area (Å²) < 4.78 is 6.48. The lowest BCUT2D eigenvalue weighted by Crippen LogP contribution is -2.39. The quantitative estimate of drug-likeness (QED) is 0.633. The highest BCUT2D eigenvalue weighted by atomic mass is 16.2. The van der Waals surface area contributed by atoms with Gasteiger partial charge in [0.15, 0.2) is 11.2 Å². The number of piperidine rings is 1. The predicted molar refractivity (Wildman–Crippen MR) is 109 cm³/mol. The molecule has 0 atom stereocenters. The summed E-state index contributed by atoms with van der Waals surface area (Å²) >= 11 is 0. The van der Waals surface area contributed by atoms with E-state index in [-0.39, 0.29) is 23.1 Å². The van der Waals surface area contributed by atoms with Gasteiger partial charge in [0.1, 0.15) is 0 Å². The van der Waals surface area contributed by atoms with Crippen LogP contribution in [0.5, 0.6) is 0 Å². The Morgan fingerprint density at radius 3 is 2.34 bits per heavy atom. The number of imidazole rings is 2. The molecule has 1 aliphatic heterocycles. The van der Waals surface area contributed by atoms with Crippen molar-refractivity contribution in [2.24, 2.45) is 25.7 Å². The number of nitrogens with two attached hydrogens (primary N) is 1. The van der Waals surface area contributed by atoms with Gasteiger partial charge in [-0.2, -0.15) is 4.98 Å². The van der Waals surface area contributed by atoms with Gasteiger partial charge in [0.05, 0.1) is 0 Å². The number of aromatic nitrogens is 5. The molecule has 0 unspecified atom stereocenters. The van der Waals surface area contributed by atoms with E-state index >= 15 is 0 Å². The Bertz CT molecular complexity index is 1240. The van der Waals surface area contributed by atoms with Gasteiger partial charge in [-0.05, 0) is 39.8 Å². The minimum atomic E-state index is -0.388. The molecule has 0 aliphatic carbocycles. The molecule has 10 heteroatoms. The molecule has 1 amide bonds. The maximum absolute atomic E-state index is 12.8. The number of hydrogen-bond acceptors (Lipinski definition) is 5. The molecule has 1 fully saturated rings. The van der Waals surface area contributed by atoms with E-state index in [1.807, 2.05) is 18.2 Å². The van der Waals surface area contributed by atoms with Crippen LogP contribution in [-0.4, -0.2) is 53.5 Å². The molecule has 4 rings (SSSR count). The molecule has 3 aromatic heterocycles. The summed E-state index contributed by atoms with van der Waals surface area (Å²) in [6.45, 7) is 7.19. The summed E-state index contributed by atoms with van der Waals surface area (Å²) in [6.07, 6.45) is 1.58. The van der Waals surface area contributed by atoms with E-state index in [1.54, 1.807) is 7.05 Å². The van der Waals surface area contributed by atoms with Crippen molar-refractivity contribution in [3.05, 3.63) is 32.2 Å². The average Bonchev–Trinajstić information content (AvgIpc) is 3.20. The van der Waals surface area contributed by atoms with Crippen LogP contribution < -0.4 is 17.0 Å². The molecule has 1 aliphatic rings. The second-order valence-electron chi connectivity index (χ2n) is 7.97. The zero-order chi connectivity index (χ0) is 21.0. The first-order valence-corrected chi connectivity index (χ1v) is 9.88. The standard InChI is InChI=1S/C19H27N7O3/c1-11-12(2)26-14-16(22(3)19(29)23(4)17(14)28)21-18(26)25(11)10-9-24-7-5-13(6-8-24)15(20)27/h13H,5-10H2,1-4H3,(H2,20,27). The maximum Gasteiger partial charge on any atom is 0.332 e. The average molecular weight is 401 g/mol. The largest absolute Gasteiger partial charge is 0.369 e. The van der Waals surface area contributed by atoms with Crippen molar-refractivity contribution in [1.29, 1.82) is 0 Å². The lowest BCUT2D eigenvalue weighted by Gasteiger charge is -2.30. The van der Waals surface area contributed by atoms with Gasteiger partial charge >= 0.3 is 5.69 Å². The second kappa shape index (κ2) is 6.87. The highest BCUT2D eigenvalue weighted by Gasteiger charge is 2.24. The van der Waals surface area contributed by atoms with E-state index < -0.39 is 0 Å². The number of carbonyl (C=O) groups is 1. The Kier molecular flexibility index (Phi) is 4.60. The van der Waals surface area contributed by atoms with Gasteiger partial charge in [-0.25, -0.2) is 4.79 Å². The van der Waals surface area contributed by atoms with Crippen LogP contribution in [0.1, 0.15) is 24.2 Å². The normalized spacial score (nSPS) is 16.3. The number of carbonyl (C=O) groups excluding carboxylic acids is 1. The van der Waals surface area contributed by atoms with Crippen LogP contribution in [0.15, 0.2) is 9.59 Å². The summed E-state index contributed by atoms with van der Waals surface area (Å²) in [5.74, 6) is 0.434. The minimum Gasteiger partial charge on any atom is -0.369 e. The van der Waals surface area contributed by atoms with Crippen LogP contribution in [0.25, 0.3) is 16.9 Å². The molecule has 10 nitrogen and oxygen atoms in total. The molecule has 0 bridgehead atoms. The number of rotatable bonds is 4. The van der Waals surface area contributed by atoms with Crippen LogP contribution >= 0.6 is 0 Å². The number of fused-ring (bicyclic) bond motifs is 3. The first-order chi connectivity index (χ1) is 13.7. The number of aryl methyl sites for hydroxylation is 2. The van der Waals surface area contributed by atoms with Crippen molar-refractivity contribution >= 4 is 22.8 Å². The number of nitrogens with zero attached hydrogens (tertiary/aromatic N) is 6. The predicted octanol–water partition coefficient (Wildman–Crippen LogP) is -0.499. The van der Waals surface area contributed by atoms with E-state index in [0.29, 0.717) is 23.5 Å². The summed E-state index contributed by atoms with van der Waals surface area (Å²) in [7, 11) is 3.12. The van der Waals surface area contributed by atoms with Crippen LogP contribution in [0.2, 0.25) is 0 Å². The molecule has 0 radical (unpaired) electrons. The third kappa shape index (κ3) is 2.89. The lowest BCUT2D eigenvalue weighted by molar-refractivity contribution is -0.123. The summed E-state index contributed by atoms with van der Waals surface area (Å²) in [4.78, 5) is 43.4. The topological polar surface area (TPSA) is 113 Å². The molecule has 3 aromatic rings. The van der Waals surface area contributed by atoms with Gasteiger partial charge in [-0.15, -0.1) is 0 Å². The minimum absolute atomic E-state index is 0.0244. The molecule has 0 spiro atoms.